The predicted molar refractivity (Wildman–Crippen MR) is 77.4 cm³/mol. The molecule has 21 heavy (non-hydrogen) atoms. The van der Waals surface area contributed by atoms with Crippen molar-refractivity contribution in [2.45, 2.75) is 12.8 Å². The van der Waals surface area contributed by atoms with Crippen LogP contribution in [0.4, 0.5) is 0 Å². The van der Waals surface area contributed by atoms with Crippen LogP contribution < -0.4 is 0 Å². The van der Waals surface area contributed by atoms with Crippen molar-refractivity contribution in [3.8, 4) is 0 Å². The average molecular weight is 321 g/mol. The Kier molecular flexibility index (Phi) is 6.56. The highest BCUT2D eigenvalue weighted by Crippen LogP contribution is 2.10. The van der Waals surface area contributed by atoms with E-state index in [-0.39, 0.29) is 37.6 Å². The highest BCUT2D eigenvalue weighted by molar-refractivity contribution is 7.89. The minimum Gasteiger partial charge on any atom is -0.481 e. The Morgan fingerprint density at radius 1 is 1.14 bits per heavy atom. The van der Waals surface area contributed by atoms with Crippen LogP contribution in [0.15, 0.2) is 0 Å². The Bertz CT molecular complexity index is 469. The second-order valence-electron chi connectivity index (χ2n) is 5.33. The van der Waals surface area contributed by atoms with E-state index in [1.807, 2.05) is 0 Å². The standard InChI is InChI=1S/C12H23N3O5S/c1-13(2)10-11(16)14-5-7-15(8-6-14)21(19,20)9-3-4-12(17)18/h3-10H2,1-2H3,(H,17,18). The molecular formula is C12H23N3O5S. The van der Waals surface area contributed by atoms with Crippen molar-refractivity contribution in [1.82, 2.24) is 14.1 Å². The third kappa shape index (κ3) is 5.98. The van der Waals surface area contributed by atoms with Crippen molar-refractivity contribution >= 4 is 21.9 Å². The quantitative estimate of drug-likeness (QED) is 0.638. The van der Waals surface area contributed by atoms with Crippen LogP contribution in [0, 0.1) is 0 Å². The zero-order chi connectivity index (χ0) is 16.0. The third-order valence-corrected chi connectivity index (χ3v) is 5.19. The van der Waals surface area contributed by atoms with Crippen LogP contribution in [-0.4, -0.2) is 92.1 Å². The molecule has 0 saturated carbocycles. The minimum atomic E-state index is -3.43. The van der Waals surface area contributed by atoms with Crippen LogP contribution in [-0.2, 0) is 19.6 Å². The van der Waals surface area contributed by atoms with Gasteiger partial charge in [0.25, 0.3) is 0 Å². The smallest absolute Gasteiger partial charge is 0.303 e. The molecule has 9 heteroatoms. The zero-order valence-corrected chi connectivity index (χ0v) is 13.3. The van der Waals surface area contributed by atoms with Crippen molar-refractivity contribution in [3.63, 3.8) is 0 Å². The van der Waals surface area contributed by atoms with Crippen LogP contribution in [0.5, 0.6) is 0 Å². The molecule has 1 aliphatic rings. The van der Waals surface area contributed by atoms with Crippen LogP contribution in [0.2, 0.25) is 0 Å². The molecule has 1 heterocycles. The topological polar surface area (TPSA) is 98.2 Å². The minimum absolute atomic E-state index is 0.0112. The lowest BCUT2D eigenvalue weighted by Crippen LogP contribution is -2.52. The maximum atomic E-state index is 12.0. The Morgan fingerprint density at radius 2 is 1.71 bits per heavy atom. The molecule has 0 bridgehead atoms. The lowest BCUT2D eigenvalue weighted by Gasteiger charge is -2.34. The van der Waals surface area contributed by atoms with Gasteiger partial charge in [-0.1, -0.05) is 0 Å². The van der Waals surface area contributed by atoms with Crippen LogP contribution in [0.25, 0.3) is 0 Å². The Labute approximate surface area is 125 Å². The molecule has 1 N–H and O–H groups in total. The molecule has 0 spiro atoms. The molecule has 1 amide bonds. The fraction of sp³-hybridized carbons (Fsp3) is 0.833. The first kappa shape index (κ1) is 17.9. The maximum absolute atomic E-state index is 12.0. The number of carbonyl (C=O) groups excluding carboxylic acids is 1. The molecule has 0 aromatic heterocycles. The molecule has 0 aliphatic carbocycles. The van der Waals surface area contributed by atoms with Gasteiger partial charge < -0.3 is 14.9 Å². The van der Waals surface area contributed by atoms with Crippen molar-refractivity contribution < 1.29 is 23.1 Å². The molecule has 0 unspecified atom stereocenters. The molecule has 1 saturated heterocycles. The first-order valence-electron chi connectivity index (χ1n) is 6.84. The highest BCUT2D eigenvalue weighted by Gasteiger charge is 2.28. The van der Waals surface area contributed by atoms with Crippen LogP contribution in [0.1, 0.15) is 12.8 Å². The normalized spacial score (nSPS) is 17.2. The summed E-state index contributed by atoms with van der Waals surface area (Å²) >= 11 is 0. The van der Waals surface area contributed by atoms with E-state index in [9.17, 15) is 18.0 Å². The van der Waals surface area contributed by atoms with Gasteiger partial charge in [0.05, 0.1) is 12.3 Å². The van der Waals surface area contributed by atoms with Gasteiger partial charge in [-0.25, -0.2) is 8.42 Å². The van der Waals surface area contributed by atoms with Gasteiger partial charge in [0.1, 0.15) is 0 Å². The maximum Gasteiger partial charge on any atom is 0.303 e. The fourth-order valence-corrected chi connectivity index (χ4v) is 3.61. The average Bonchev–Trinajstić information content (AvgIpc) is 2.37. The zero-order valence-electron chi connectivity index (χ0n) is 12.5. The first-order valence-corrected chi connectivity index (χ1v) is 8.45. The summed E-state index contributed by atoms with van der Waals surface area (Å²) < 4.78 is 25.4. The summed E-state index contributed by atoms with van der Waals surface area (Å²) in [6.45, 7) is 1.62. The molecule has 0 atom stereocenters. The summed E-state index contributed by atoms with van der Waals surface area (Å²) in [5.74, 6) is -1.17. The van der Waals surface area contributed by atoms with Crippen LogP contribution in [0.3, 0.4) is 0 Å². The number of hydrogen-bond donors (Lipinski definition) is 1. The number of piperazine rings is 1. The number of aliphatic carboxylic acids is 1. The van der Waals surface area contributed by atoms with Gasteiger partial charge >= 0.3 is 5.97 Å². The SMILES string of the molecule is CN(C)CC(=O)N1CCN(S(=O)(=O)CCCC(=O)O)CC1. The molecule has 0 aromatic rings. The fourth-order valence-electron chi connectivity index (χ4n) is 2.12. The van der Waals surface area contributed by atoms with Crippen molar-refractivity contribution in [3.05, 3.63) is 0 Å². The predicted octanol–water partition coefficient (Wildman–Crippen LogP) is -1.11. The van der Waals surface area contributed by atoms with Gasteiger partial charge in [0.15, 0.2) is 0 Å². The van der Waals surface area contributed by atoms with E-state index in [1.165, 1.54) is 4.31 Å². The number of carbonyl (C=O) groups is 2. The summed E-state index contributed by atoms with van der Waals surface area (Å²) in [6.07, 6.45) is -0.0437. The van der Waals surface area contributed by atoms with E-state index in [0.717, 1.165) is 0 Å². The van der Waals surface area contributed by atoms with Gasteiger partial charge in [-0.05, 0) is 20.5 Å². The Balaban J connectivity index is 2.44. The van der Waals surface area contributed by atoms with Crippen molar-refractivity contribution in [2.75, 3.05) is 52.6 Å². The third-order valence-electron chi connectivity index (χ3n) is 3.23. The van der Waals surface area contributed by atoms with Crippen LogP contribution >= 0.6 is 0 Å². The van der Waals surface area contributed by atoms with Gasteiger partial charge in [0.2, 0.25) is 15.9 Å². The van der Waals surface area contributed by atoms with E-state index >= 15 is 0 Å². The number of sulfonamides is 1. The molecule has 0 aromatic carbocycles. The molecule has 1 rings (SSSR count). The lowest BCUT2D eigenvalue weighted by molar-refractivity contribution is -0.137. The molecule has 8 nitrogen and oxygen atoms in total. The number of amides is 1. The molecule has 0 radical (unpaired) electrons. The Morgan fingerprint density at radius 3 is 2.19 bits per heavy atom. The van der Waals surface area contributed by atoms with E-state index in [1.54, 1.807) is 23.9 Å². The van der Waals surface area contributed by atoms with Gasteiger partial charge in [-0.15, -0.1) is 0 Å². The second-order valence-corrected chi connectivity index (χ2v) is 7.42. The number of hydrogen-bond acceptors (Lipinski definition) is 5. The van der Waals surface area contributed by atoms with Crippen molar-refractivity contribution in [1.29, 1.82) is 0 Å². The van der Waals surface area contributed by atoms with Gasteiger partial charge in [0, 0.05) is 32.6 Å². The number of nitrogens with zero attached hydrogens (tertiary/aromatic N) is 3. The largest absolute Gasteiger partial charge is 0.481 e. The second kappa shape index (κ2) is 7.71. The number of rotatable bonds is 7. The molecule has 1 fully saturated rings. The van der Waals surface area contributed by atoms with E-state index in [2.05, 4.69) is 0 Å². The lowest BCUT2D eigenvalue weighted by atomic mass is 10.3. The summed E-state index contributed by atoms with van der Waals surface area (Å²) in [5.41, 5.74) is 0. The number of likely N-dealkylation sites (N-methyl/N-ethyl adjacent to an activating group) is 1. The first-order chi connectivity index (χ1) is 9.72. The summed E-state index contributed by atoms with van der Waals surface area (Å²) in [4.78, 5) is 25.7. The highest BCUT2D eigenvalue weighted by atomic mass is 32.2. The molecular weight excluding hydrogens is 298 g/mol. The summed E-state index contributed by atoms with van der Waals surface area (Å²) in [6, 6.07) is 0. The summed E-state index contributed by atoms with van der Waals surface area (Å²) in [7, 11) is 0.184. The van der Waals surface area contributed by atoms with E-state index in [4.69, 9.17) is 5.11 Å². The Hall–Kier alpha value is -1.19. The van der Waals surface area contributed by atoms with Crippen molar-refractivity contribution in [2.24, 2.45) is 0 Å². The van der Waals surface area contributed by atoms with Gasteiger partial charge in [-0.2, -0.15) is 4.31 Å². The molecule has 122 valence electrons. The summed E-state index contributed by atoms with van der Waals surface area (Å²) in [5, 5.41) is 8.53. The number of carboxylic acids is 1. The van der Waals surface area contributed by atoms with Gasteiger partial charge in [-0.3, -0.25) is 9.59 Å². The monoisotopic (exact) mass is 321 g/mol. The number of carboxylic acid groups (broad SMARTS) is 1. The molecule has 1 aliphatic heterocycles. The van der Waals surface area contributed by atoms with E-state index < -0.39 is 16.0 Å². The van der Waals surface area contributed by atoms with E-state index in [0.29, 0.717) is 19.6 Å².